The Morgan fingerprint density at radius 1 is 1.42 bits per heavy atom. The van der Waals surface area contributed by atoms with Crippen LogP contribution in [-0.2, 0) is 4.79 Å². The topological polar surface area (TPSA) is 29.1 Å². The fourth-order valence-corrected chi connectivity index (χ4v) is 2.73. The van der Waals surface area contributed by atoms with Crippen LogP contribution in [0.3, 0.4) is 0 Å². The van der Waals surface area contributed by atoms with E-state index in [0.717, 1.165) is 11.8 Å². The first-order valence-electron chi connectivity index (χ1n) is 5.09. The van der Waals surface area contributed by atoms with Crippen molar-refractivity contribution in [1.82, 2.24) is 5.32 Å². The SMILES string of the molecule is CCC(=O)N[C@H]1C[C@@H]2CC[C@H]1C2. The van der Waals surface area contributed by atoms with Gasteiger partial charge in [-0.1, -0.05) is 13.3 Å². The molecule has 3 atom stereocenters. The van der Waals surface area contributed by atoms with Crippen LogP contribution < -0.4 is 5.32 Å². The molecule has 12 heavy (non-hydrogen) atoms. The number of rotatable bonds is 2. The molecule has 68 valence electrons. The van der Waals surface area contributed by atoms with Gasteiger partial charge in [0.05, 0.1) is 0 Å². The van der Waals surface area contributed by atoms with E-state index in [0.29, 0.717) is 12.5 Å². The van der Waals surface area contributed by atoms with Crippen molar-refractivity contribution in [2.75, 3.05) is 0 Å². The summed E-state index contributed by atoms with van der Waals surface area (Å²) in [6, 6.07) is 0.524. The Hall–Kier alpha value is -0.530. The summed E-state index contributed by atoms with van der Waals surface area (Å²) in [6.45, 7) is 1.92. The summed E-state index contributed by atoms with van der Waals surface area (Å²) in [5.74, 6) is 1.97. The average molecular weight is 167 g/mol. The van der Waals surface area contributed by atoms with Crippen molar-refractivity contribution in [3.05, 3.63) is 0 Å². The molecule has 2 heteroatoms. The molecule has 0 unspecified atom stereocenters. The minimum absolute atomic E-state index is 0.229. The molecular weight excluding hydrogens is 150 g/mol. The van der Waals surface area contributed by atoms with E-state index in [2.05, 4.69) is 5.32 Å². The average Bonchev–Trinajstić information content (AvgIpc) is 2.64. The van der Waals surface area contributed by atoms with Crippen molar-refractivity contribution in [2.45, 2.75) is 45.1 Å². The minimum Gasteiger partial charge on any atom is -0.353 e. The van der Waals surface area contributed by atoms with Gasteiger partial charge in [-0.25, -0.2) is 0 Å². The third kappa shape index (κ3) is 1.35. The molecule has 2 fully saturated rings. The Labute approximate surface area is 73.7 Å². The van der Waals surface area contributed by atoms with Gasteiger partial charge in [-0.05, 0) is 31.1 Å². The molecule has 2 nitrogen and oxygen atoms in total. The first-order chi connectivity index (χ1) is 5.79. The molecule has 2 rings (SSSR count). The van der Waals surface area contributed by atoms with E-state index in [9.17, 15) is 4.79 Å². The molecule has 2 aliphatic carbocycles. The molecule has 0 aliphatic heterocycles. The number of amides is 1. The molecule has 2 bridgehead atoms. The molecule has 0 aromatic carbocycles. The summed E-state index contributed by atoms with van der Waals surface area (Å²) in [6.07, 6.45) is 6.00. The molecule has 2 saturated carbocycles. The van der Waals surface area contributed by atoms with Gasteiger partial charge in [0.1, 0.15) is 0 Å². The van der Waals surface area contributed by atoms with E-state index in [1.807, 2.05) is 6.92 Å². The third-order valence-electron chi connectivity index (χ3n) is 3.41. The fraction of sp³-hybridized carbons (Fsp3) is 0.900. The largest absolute Gasteiger partial charge is 0.353 e. The molecular formula is C10H17NO. The zero-order valence-electron chi connectivity index (χ0n) is 7.68. The Bertz CT molecular complexity index is 190. The van der Waals surface area contributed by atoms with Gasteiger partial charge in [0.25, 0.3) is 0 Å². The summed E-state index contributed by atoms with van der Waals surface area (Å²) in [7, 11) is 0. The summed E-state index contributed by atoms with van der Waals surface area (Å²) in [4.78, 5) is 11.1. The Morgan fingerprint density at radius 3 is 2.75 bits per heavy atom. The van der Waals surface area contributed by atoms with Crippen molar-refractivity contribution in [3.63, 3.8) is 0 Å². The van der Waals surface area contributed by atoms with Crippen molar-refractivity contribution in [3.8, 4) is 0 Å². The van der Waals surface area contributed by atoms with E-state index in [1.165, 1.54) is 25.7 Å². The minimum atomic E-state index is 0.229. The van der Waals surface area contributed by atoms with Crippen LogP contribution in [0, 0.1) is 11.8 Å². The number of carbonyl (C=O) groups is 1. The molecule has 0 saturated heterocycles. The van der Waals surface area contributed by atoms with Crippen LogP contribution in [0.15, 0.2) is 0 Å². The number of hydrogen-bond donors (Lipinski definition) is 1. The van der Waals surface area contributed by atoms with Gasteiger partial charge in [0, 0.05) is 12.5 Å². The van der Waals surface area contributed by atoms with Gasteiger partial charge in [-0.2, -0.15) is 0 Å². The number of carbonyl (C=O) groups excluding carboxylic acids is 1. The highest BCUT2D eigenvalue weighted by atomic mass is 16.1. The second-order valence-corrected chi connectivity index (χ2v) is 4.20. The van der Waals surface area contributed by atoms with Gasteiger partial charge in [-0.15, -0.1) is 0 Å². The van der Waals surface area contributed by atoms with Crippen molar-refractivity contribution in [1.29, 1.82) is 0 Å². The van der Waals surface area contributed by atoms with E-state index < -0.39 is 0 Å². The van der Waals surface area contributed by atoms with E-state index in [4.69, 9.17) is 0 Å². The quantitative estimate of drug-likeness (QED) is 0.666. The van der Waals surface area contributed by atoms with Crippen LogP contribution in [0.1, 0.15) is 39.0 Å². The summed E-state index contributed by atoms with van der Waals surface area (Å²) < 4.78 is 0. The second-order valence-electron chi connectivity index (χ2n) is 4.20. The third-order valence-corrected chi connectivity index (χ3v) is 3.41. The van der Waals surface area contributed by atoms with E-state index >= 15 is 0 Å². The normalized spacial score (nSPS) is 38.6. The summed E-state index contributed by atoms with van der Waals surface area (Å²) >= 11 is 0. The molecule has 0 aromatic rings. The molecule has 0 heterocycles. The predicted octanol–water partition coefficient (Wildman–Crippen LogP) is 1.70. The lowest BCUT2D eigenvalue weighted by Gasteiger charge is -2.22. The summed E-state index contributed by atoms with van der Waals surface area (Å²) in [5, 5.41) is 3.12. The van der Waals surface area contributed by atoms with E-state index in [1.54, 1.807) is 0 Å². The highest BCUT2D eigenvalue weighted by Crippen LogP contribution is 2.44. The number of hydrogen-bond acceptors (Lipinski definition) is 1. The molecule has 1 amide bonds. The Morgan fingerprint density at radius 2 is 2.25 bits per heavy atom. The van der Waals surface area contributed by atoms with Crippen molar-refractivity contribution >= 4 is 5.91 Å². The van der Waals surface area contributed by atoms with Crippen molar-refractivity contribution < 1.29 is 4.79 Å². The number of nitrogens with one attached hydrogen (secondary N) is 1. The van der Waals surface area contributed by atoms with Crippen LogP contribution in [-0.4, -0.2) is 11.9 Å². The fourth-order valence-electron chi connectivity index (χ4n) is 2.73. The van der Waals surface area contributed by atoms with E-state index in [-0.39, 0.29) is 5.91 Å². The van der Waals surface area contributed by atoms with Gasteiger partial charge in [0.2, 0.25) is 5.91 Å². The monoisotopic (exact) mass is 167 g/mol. The number of fused-ring (bicyclic) bond motifs is 2. The van der Waals surface area contributed by atoms with Crippen molar-refractivity contribution in [2.24, 2.45) is 11.8 Å². The highest BCUT2D eigenvalue weighted by Gasteiger charge is 2.39. The first-order valence-corrected chi connectivity index (χ1v) is 5.09. The molecule has 0 radical (unpaired) electrons. The van der Waals surface area contributed by atoms with Gasteiger partial charge < -0.3 is 5.32 Å². The molecule has 1 N–H and O–H groups in total. The van der Waals surface area contributed by atoms with Crippen LogP contribution >= 0.6 is 0 Å². The molecule has 0 aromatic heterocycles. The lowest BCUT2D eigenvalue weighted by atomic mass is 9.95. The molecule has 2 aliphatic rings. The second kappa shape index (κ2) is 3.08. The maximum atomic E-state index is 11.1. The highest BCUT2D eigenvalue weighted by molar-refractivity contribution is 5.75. The maximum Gasteiger partial charge on any atom is 0.219 e. The van der Waals surface area contributed by atoms with Gasteiger partial charge in [-0.3, -0.25) is 4.79 Å². The van der Waals surface area contributed by atoms with Crippen LogP contribution in [0.25, 0.3) is 0 Å². The van der Waals surface area contributed by atoms with Gasteiger partial charge in [0.15, 0.2) is 0 Å². The first kappa shape index (κ1) is 8.09. The van der Waals surface area contributed by atoms with Crippen LogP contribution in [0.2, 0.25) is 0 Å². The van der Waals surface area contributed by atoms with Crippen LogP contribution in [0.5, 0.6) is 0 Å². The lowest BCUT2D eigenvalue weighted by molar-refractivity contribution is -0.121. The standard InChI is InChI=1S/C10H17NO/c1-2-10(12)11-9-6-7-3-4-8(9)5-7/h7-9H,2-6H2,1H3,(H,11,12)/t7-,8+,9+/m1/s1. The zero-order chi connectivity index (χ0) is 8.55. The van der Waals surface area contributed by atoms with Crippen LogP contribution in [0.4, 0.5) is 0 Å². The smallest absolute Gasteiger partial charge is 0.219 e. The Balaban J connectivity index is 1.86. The van der Waals surface area contributed by atoms with Gasteiger partial charge >= 0.3 is 0 Å². The zero-order valence-corrected chi connectivity index (χ0v) is 7.68. The maximum absolute atomic E-state index is 11.1. The molecule has 0 spiro atoms. The lowest BCUT2D eigenvalue weighted by Crippen LogP contribution is -2.37. The predicted molar refractivity (Wildman–Crippen MR) is 47.7 cm³/mol. The summed E-state index contributed by atoms with van der Waals surface area (Å²) in [5.41, 5.74) is 0. The Kier molecular flexibility index (Phi) is 2.07.